The minimum Gasteiger partial charge on any atom is -0.295 e. The van der Waals surface area contributed by atoms with Crippen LogP contribution in [0.15, 0.2) is 24.3 Å². The van der Waals surface area contributed by atoms with E-state index >= 15 is 0 Å². The van der Waals surface area contributed by atoms with E-state index in [0.717, 1.165) is 5.56 Å². The molecular weight excluding hydrogens is 212 g/mol. The highest BCUT2D eigenvalue weighted by atomic mass is 32.2. The number of hydrogen-bond donors (Lipinski definition) is 0. The number of ketones is 1. The standard InChI is InChI=1S/C11H12OS2/c1-8(12)9-2-4-10(5-3-9)11-13-6-7-14-11/h2-5,11H,6-7H2,1H3. The fraction of sp³-hybridized carbons (Fsp3) is 0.364. The minimum absolute atomic E-state index is 0.142. The van der Waals surface area contributed by atoms with Gasteiger partial charge in [0.05, 0.1) is 4.58 Å². The molecule has 0 bridgehead atoms. The molecular formula is C11H12OS2. The maximum absolute atomic E-state index is 11.1. The molecule has 0 spiro atoms. The summed E-state index contributed by atoms with van der Waals surface area (Å²) in [7, 11) is 0. The largest absolute Gasteiger partial charge is 0.295 e. The van der Waals surface area contributed by atoms with Crippen molar-refractivity contribution < 1.29 is 4.79 Å². The molecule has 0 aromatic heterocycles. The monoisotopic (exact) mass is 224 g/mol. The molecule has 1 aliphatic heterocycles. The van der Waals surface area contributed by atoms with E-state index in [4.69, 9.17) is 0 Å². The van der Waals surface area contributed by atoms with Crippen molar-refractivity contribution in [1.82, 2.24) is 0 Å². The van der Waals surface area contributed by atoms with E-state index in [-0.39, 0.29) is 5.78 Å². The van der Waals surface area contributed by atoms with Gasteiger partial charge < -0.3 is 0 Å². The van der Waals surface area contributed by atoms with Gasteiger partial charge in [0.25, 0.3) is 0 Å². The van der Waals surface area contributed by atoms with Gasteiger partial charge >= 0.3 is 0 Å². The molecule has 1 aromatic carbocycles. The van der Waals surface area contributed by atoms with Crippen LogP contribution in [0.1, 0.15) is 27.4 Å². The molecule has 2 rings (SSSR count). The molecule has 14 heavy (non-hydrogen) atoms. The molecule has 0 unspecified atom stereocenters. The maximum Gasteiger partial charge on any atom is 0.159 e. The zero-order chi connectivity index (χ0) is 9.97. The van der Waals surface area contributed by atoms with Crippen LogP contribution in [0, 0.1) is 0 Å². The molecule has 1 aliphatic rings. The smallest absolute Gasteiger partial charge is 0.159 e. The Morgan fingerprint density at radius 2 is 1.79 bits per heavy atom. The van der Waals surface area contributed by atoms with E-state index in [1.165, 1.54) is 17.1 Å². The lowest BCUT2D eigenvalue weighted by Gasteiger charge is -2.07. The summed E-state index contributed by atoms with van der Waals surface area (Å²) in [6, 6.07) is 8.01. The average molecular weight is 224 g/mol. The van der Waals surface area contributed by atoms with Crippen molar-refractivity contribution in [2.75, 3.05) is 11.5 Å². The fourth-order valence-corrected chi connectivity index (χ4v) is 4.29. The van der Waals surface area contributed by atoms with Crippen molar-refractivity contribution >= 4 is 29.3 Å². The molecule has 74 valence electrons. The molecule has 1 aromatic rings. The maximum atomic E-state index is 11.1. The Morgan fingerprint density at radius 1 is 1.21 bits per heavy atom. The summed E-state index contributed by atoms with van der Waals surface area (Å²) in [5.41, 5.74) is 2.14. The van der Waals surface area contributed by atoms with Gasteiger partial charge in [0.1, 0.15) is 0 Å². The summed E-state index contributed by atoms with van der Waals surface area (Å²) in [5, 5.41) is 0. The second-order valence-electron chi connectivity index (χ2n) is 3.25. The van der Waals surface area contributed by atoms with E-state index in [1.54, 1.807) is 6.92 Å². The molecule has 1 fully saturated rings. The number of Topliss-reactive ketones (excluding diaryl/α,β-unsaturated/α-hetero) is 1. The van der Waals surface area contributed by atoms with Crippen molar-refractivity contribution in [3.8, 4) is 0 Å². The van der Waals surface area contributed by atoms with Crippen LogP contribution in [0.2, 0.25) is 0 Å². The van der Waals surface area contributed by atoms with Gasteiger partial charge in [-0.3, -0.25) is 4.79 Å². The Balaban J connectivity index is 2.16. The molecule has 1 heterocycles. The van der Waals surface area contributed by atoms with Crippen LogP contribution in [0.5, 0.6) is 0 Å². The van der Waals surface area contributed by atoms with Crippen LogP contribution in [0.4, 0.5) is 0 Å². The number of rotatable bonds is 2. The predicted molar refractivity (Wildman–Crippen MR) is 64.1 cm³/mol. The molecule has 1 nitrogen and oxygen atoms in total. The van der Waals surface area contributed by atoms with Crippen molar-refractivity contribution in [3.05, 3.63) is 35.4 Å². The van der Waals surface area contributed by atoms with Crippen molar-refractivity contribution in [2.24, 2.45) is 0 Å². The zero-order valence-corrected chi connectivity index (χ0v) is 9.66. The molecule has 0 N–H and O–H groups in total. The topological polar surface area (TPSA) is 17.1 Å². The van der Waals surface area contributed by atoms with Crippen LogP contribution < -0.4 is 0 Å². The van der Waals surface area contributed by atoms with Gasteiger partial charge in [-0.2, -0.15) is 0 Å². The van der Waals surface area contributed by atoms with Gasteiger partial charge in [0.2, 0.25) is 0 Å². The first kappa shape index (κ1) is 10.1. The van der Waals surface area contributed by atoms with E-state index in [0.29, 0.717) is 4.58 Å². The SMILES string of the molecule is CC(=O)c1ccc(C2SCCS2)cc1. The van der Waals surface area contributed by atoms with E-state index in [1.807, 2.05) is 35.7 Å². The lowest BCUT2D eigenvalue weighted by molar-refractivity contribution is 0.101. The van der Waals surface area contributed by atoms with Crippen LogP contribution in [-0.4, -0.2) is 17.3 Å². The lowest BCUT2D eigenvalue weighted by Crippen LogP contribution is -1.92. The summed E-state index contributed by atoms with van der Waals surface area (Å²) in [6.07, 6.45) is 0. The summed E-state index contributed by atoms with van der Waals surface area (Å²) in [4.78, 5) is 11.1. The first-order valence-electron chi connectivity index (χ1n) is 4.61. The second kappa shape index (κ2) is 4.41. The van der Waals surface area contributed by atoms with Crippen molar-refractivity contribution in [1.29, 1.82) is 0 Å². The third-order valence-electron chi connectivity index (χ3n) is 2.21. The molecule has 3 heteroatoms. The molecule has 0 aliphatic carbocycles. The zero-order valence-electron chi connectivity index (χ0n) is 8.03. The van der Waals surface area contributed by atoms with Gasteiger partial charge in [-0.05, 0) is 12.5 Å². The van der Waals surface area contributed by atoms with Crippen molar-refractivity contribution in [3.63, 3.8) is 0 Å². The normalized spacial score (nSPS) is 17.2. The quantitative estimate of drug-likeness (QED) is 0.717. The summed E-state index contributed by atoms with van der Waals surface area (Å²) in [6.45, 7) is 1.61. The second-order valence-corrected chi connectivity index (χ2v) is 5.98. The highest BCUT2D eigenvalue weighted by molar-refractivity contribution is 8.19. The van der Waals surface area contributed by atoms with Crippen LogP contribution >= 0.6 is 23.5 Å². The molecule has 0 atom stereocenters. The Labute approximate surface area is 92.7 Å². The Hall–Kier alpha value is -0.410. The number of hydrogen-bond acceptors (Lipinski definition) is 3. The number of carbonyl (C=O) groups is 1. The molecule has 0 amide bonds. The van der Waals surface area contributed by atoms with E-state index in [2.05, 4.69) is 12.1 Å². The first-order valence-corrected chi connectivity index (χ1v) is 6.71. The van der Waals surface area contributed by atoms with Gasteiger partial charge in [0, 0.05) is 17.1 Å². The summed E-state index contributed by atoms with van der Waals surface area (Å²) >= 11 is 3.98. The average Bonchev–Trinajstić information content (AvgIpc) is 2.71. The third-order valence-corrected chi connectivity index (χ3v) is 5.32. The fourth-order valence-electron chi connectivity index (χ4n) is 1.43. The predicted octanol–water partition coefficient (Wildman–Crippen LogP) is 3.37. The van der Waals surface area contributed by atoms with Crippen LogP contribution in [0.25, 0.3) is 0 Å². The number of carbonyl (C=O) groups excluding carboxylic acids is 1. The van der Waals surface area contributed by atoms with Gasteiger partial charge in [-0.15, -0.1) is 23.5 Å². The summed E-state index contributed by atoms with van der Waals surface area (Å²) < 4.78 is 0.580. The van der Waals surface area contributed by atoms with Gasteiger partial charge in [0.15, 0.2) is 5.78 Å². The summed E-state index contributed by atoms with van der Waals surface area (Å²) in [5.74, 6) is 2.62. The lowest BCUT2D eigenvalue weighted by atomic mass is 10.1. The Kier molecular flexibility index (Phi) is 3.19. The van der Waals surface area contributed by atoms with Crippen LogP contribution in [0.3, 0.4) is 0 Å². The highest BCUT2D eigenvalue weighted by Crippen LogP contribution is 2.45. The number of benzene rings is 1. The van der Waals surface area contributed by atoms with Gasteiger partial charge in [-0.25, -0.2) is 0 Å². The third kappa shape index (κ3) is 2.15. The molecule has 0 radical (unpaired) electrons. The van der Waals surface area contributed by atoms with Gasteiger partial charge in [-0.1, -0.05) is 24.3 Å². The van der Waals surface area contributed by atoms with E-state index in [9.17, 15) is 4.79 Å². The first-order chi connectivity index (χ1) is 6.77. The van der Waals surface area contributed by atoms with Crippen molar-refractivity contribution in [2.45, 2.75) is 11.5 Å². The Morgan fingerprint density at radius 3 is 2.29 bits per heavy atom. The van der Waals surface area contributed by atoms with Crippen LogP contribution in [-0.2, 0) is 0 Å². The molecule has 0 saturated carbocycles. The highest BCUT2D eigenvalue weighted by Gasteiger charge is 2.17. The number of thioether (sulfide) groups is 2. The molecule has 1 saturated heterocycles. The van der Waals surface area contributed by atoms with E-state index < -0.39 is 0 Å². The minimum atomic E-state index is 0.142. The Bertz CT molecular complexity index is 326.